The Bertz CT molecular complexity index is 1070. The molecule has 0 aliphatic rings. The fourth-order valence-electron chi connectivity index (χ4n) is 8.87. The van der Waals surface area contributed by atoms with Crippen LogP contribution >= 0.6 is 0 Å². The zero-order valence-corrected chi connectivity index (χ0v) is 44.2. The van der Waals surface area contributed by atoms with Gasteiger partial charge in [0.25, 0.3) is 0 Å². The standard InChI is InChI=1S/C60H113NO5/c1-3-5-7-9-11-13-15-17-19-21-22-23-24-25-26-27-28-29-31-33-36-40-44-48-52-58(63)57(56-62)61-59(64)53-49-45-41-37-35-39-43-47-51-55-66-60(65)54-50-46-42-38-34-32-30-20-18-16-14-12-10-8-6-4-2/h20,30,37,41,48,52,57-58,62-63H,3-19,21-29,31-36,38-40,42-47,49-51,53-56H2,1-2H3,(H,61,64)/b30-20-,41-37-,52-48+. The summed E-state index contributed by atoms with van der Waals surface area (Å²) in [7, 11) is 0. The Balaban J connectivity index is 3.55. The molecule has 0 heterocycles. The van der Waals surface area contributed by atoms with Crippen LogP contribution < -0.4 is 5.32 Å². The maximum absolute atomic E-state index is 12.5. The van der Waals surface area contributed by atoms with Gasteiger partial charge in [-0.05, 0) is 77.0 Å². The van der Waals surface area contributed by atoms with E-state index in [-0.39, 0.29) is 18.5 Å². The van der Waals surface area contributed by atoms with Crippen molar-refractivity contribution in [2.45, 2.75) is 321 Å². The predicted molar refractivity (Wildman–Crippen MR) is 287 cm³/mol. The zero-order chi connectivity index (χ0) is 47.9. The Morgan fingerprint density at radius 2 is 0.727 bits per heavy atom. The molecule has 0 fully saturated rings. The number of carbonyl (C=O) groups is 2. The van der Waals surface area contributed by atoms with Crippen LogP contribution in [-0.4, -0.2) is 47.4 Å². The van der Waals surface area contributed by atoms with Crippen molar-refractivity contribution in [2.24, 2.45) is 0 Å². The first-order chi connectivity index (χ1) is 32.5. The van der Waals surface area contributed by atoms with Gasteiger partial charge in [-0.3, -0.25) is 9.59 Å². The summed E-state index contributed by atoms with van der Waals surface area (Å²) in [5.41, 5.74) is 0. The van der Waals surface area contributed by atoms with Gasteiger partial charge in [0.05, 0.1) is 25.4 Å². The quantitative estimate of drug-likeness (QED) is 0.0321. The van der Waals surface area contributed by atoms with E-state index in [2.05, 4.69) is 43.5 Å². The minimum atomic E-state index is -0.877. The summed E-state index contributed by atoms with van der Waals surface area (Å²) in [4.78, 5) is 24.5. The Morgan fingerprint density at radius 3 is 1.11 bits per heavy atom. The third-order valence-corrected chi connectivity index (χ3v) is 13.4. The lowest BCUT2D eigenvalue weighted by Gasteiger charge is -2.19. The van der Waals surface area contributed by atoms with E-state index in [4.69, 9.17) is 4.74 Å². The summed E-state index contributed by atoms with van der Waals surface area (Å²) in [5.74, 6) is -0.172. The maximum atomic E-state index is 12.5. The second kappa shape index (κ2) is 55.7. The monoisotopic (exact) mass is 928 g/mol. The number of esters is 1. The first-order valence-electron chi connectivity index (χ1n) is 29.3. The molecule has 2 atom stereocenters. The number of hydrogen-bond acceptors (Lipinski definition) is 5. The molecule has 0 spiro atoms. The van der Waals surface area contributed by atoms with E-state index in [0.29, 0.717) is 19.4 Å². The molecule has 3 N–H and O–H groups in total. The SMILES string of the molecule is CCCCCCCCC/C=C\CCCCCCCC(=O)OCCCCCC/C=C\CCCC(=O)NC(CO)C(O)/C=C/CCCCCCCCCCCCCCCCCCCCCCCC. The third kappa shape index (κ3) is 51.5. The highest BCUT2D eigenvalue weighted by Crippen LogP contribution is 2.17. The Morgan fingerprint density at radius 1 is 0.409 bits per heavy atom. The fraction of sp³-hybridized carbons (Fsp3) is 0.867. The molecule has 0 aliphatic heterocycles. The lowest BCUT2D eigenvalue weighted by atomic mass is 10.0. The lowest BCUT2D eigenvalue weighted by Crippen LogP contribution is -2.45. The highest BCUT2D eigenvalue weighted by molar-refractivity contribution is 5.76. The van der Waals surface area contributed by atoms with Crippen molar-refractivity contribution < 1.29 is 24.5 Å². The number of aliphatic hydroxyl groups excluding tert-OH is 2. The molecule has 0 saturated carbocycles. The molecule has 66 heavy (non-hydrogen) atoms. The van der Waals surface area contributed by atoms with Gasteiger partial charge in [0, 0.05) is 12.8 Å². The Kier molecular flexibility index (Phi) is 54.1. The molecule has 0 aromatic rings. The number of aliphatic hydroxyl groups is 2. The minimum Gasteiger partial charge on any atom is -0.466 e. The number of carbonyl (C=O) groups excluding carboxylic acids is 2. The van der Waals surface area contributed by atoms with Gasteiger partial charge in [0.2, 0.25) is 5.91 Å². The third-order valence-electron chi connectivity index (χ3n) is 13.4. The minimum absolute atomic E-state index is 0.0449. The predicted octanol–water partition coefficient (Wildman–Crippen LogP) is 18.0. The highest BCUT2D eigenvalue weighted by atomic mass is 16.5. The van der Waals surface area contributed by atoms with Crippen LogP contribution in [0.5, 0.6) is 0 Å². The molecule has 0 saturated heterocycles. The molecule has 0 aromatic heterocycles. The first-order valence-corrected chi connectivity index (χ1v) is 29.3. The van der Waals surface area contributed by atoms with Gasteiger partial charge >= 0.3 is 5.97 Å². The number of unbranched alkanes of at least 4 members (excludes halogenated alkanes) is 39. The molecule has 0 radical (unpaired) electrons. The summed E-state index contributed by atoms with van der Waals surface area (Å²) >= 11 is 0. The van der Waals surface area contributed by atoms with Crippen molar-refractivity contribution in [3.8, 4) is 0 Å². The smallest absolute Gasteiger partial charge is 0.305 e. The first kappa shape index (κ1) is 64.1. The van der Waals surface area contributed by atoms with Crippen LogP contribution in [0.1, 0.15) is 309 Å². The van der Waals surface area contributed by atoms with Gasteiger partial charge in [-0.1, -0.05) is 256 Å². The van der Waals surface area contributed by atoms with Crippen molar-refractivity contribution in [3.05, 3.63) is 36.5 Å². The van der Waals surface area contributed by atoms with E-state index in [1.54, 1.807) is 6.08 Å². The number of hydrogen-bond donors (Lipinski definition) is 3. The van der Waals surface area contributed by atoms with Gasteiger partial charge in [0.1, 0.15) is 0 Å². The summed E-state index contributed by atoms with van der Waals surface area (Å²) in [5, 5.41) is 23.1. The normalized spacial score (nSPS) is 12.8. The largest absolute Gasteiger partial charge is 0.466 e. The van der Waals surface area contributed by atoms with Crippen molar-refractivity contribution in [2.75, 3.05) is 13.2 Å². The zero-order valence-electron chi connectivity index (χ0n) is 44.2. The summed E-state index contributed by atoms with van der Waals surface area (Å²) in [6, 6.07) is -0.667. The number of ether oxygens (including phenoxy) is 1. The summed E-state index contributed by atoms with van der Waals surface area (Å²) < 4.78 is 5.44. The summed E-state index contributed by atoms with van der Waals surface area (Å²) in [6.07, 6.45) is 68.9. The molecular weight excluding hydrogens is 815 g/mol. The van der Waals surface area contributed by atoms with Crippen molar-refractivity contribution in [1.29, 1.82) is 0 Å². The van der Waals surface area contributed by atoms with E-state index in [9.17, 15) is 19.8 Å². The summed E-state index contributed by atoms with van der Waals surface area (Å²) in [6.45, 7) is 4.82. The van der Waals surface area contributed by atoms with E-state index in [0.717, 1.165) is 70.6 Å². The van der Waals surface area contributed by atoms with Crippen LogP contribution in [0, 0.1) is 0 Å². The van der Waals surface area contributed by atoms with Crippen molar-refractivity contribution in [3.63, 3.8) is 0 Å². The molecule has 0 bridgehead atoms. The lowest BCUT2D eigenvalue weighted by molar-refractivity contribution is -0.143. The van der Waals surface area contributed by atoms with Gasteiger partial charge in [-0.2, -0.15) is 0 Å². The van der Waals surface area contributed by atoms with Crippen molar-refractivity contribution >= 4 is 11.9 Å². The van der Waals surface area contributed by atoms with E-state index in [1.807, 2.05) is 6.08 Å². The van der Waals surface area contributed by atoms with E-state index < -0.39 is 12.1 Å². The van der Waals surface area contributed by atoms with Gasteiger partial charge < -0.3 is 20.3 Å². The Hall–Kier alpha value is -1.92. The Labute approximate surface area is 411 Å². The van der Waals surface area contributed by atoms with Crippen LogP contribution in [-0.2, 0) is 14.3 Å². The molecular formula is C60H113NO5. The van der Waals surface area contributed by atoms with E-state index >= 15 is 0 Å². The molecule has 2 unspecified atom stereocenters. The maximum Gasteiger partial charge on any atom is 0.305 e. The van der Waals surface area contributed by atoms with Gasteiger partial charge in [-0.25, -0.2) is 0 Å². The van der Waals surface area contributed by atoms with Crippen LogP contribution in [0.25, 0.3) is 0 Å². The molecule has 0 rings (SSSR count). The van der Waals surface area contributed by atoms with Gasteiger partial charge in [0.15, 0.2) is 0 Å². The second-order valence-electron chi connectivity index (χ2n) is 20.0. The van der Waals surface area contributed by atoms with E-state index in [1.165, 1.54) is 212 Å². The number of allylic oxidation sites excluding steroid dienone is 5. The average Bonchev–Trinajstić information content (AvgIpc) is 3.32. The van der Waals surface area contributed by atoms with Crippen LogP contribution in [0.15, 0.2) is 36.5 Å². The molecule has 0 aliphatic carbocycles. The van der Waals surface area contributed by atoms with Crippen LogP contribution in [0.2, 0.25) is 0 Å². The topological polar surface area (TPSA) is 95.9 Å². The number of amides is 1. The molecule has 6 nitrogen and oxygen atoms in total. The second-order valence-corrected chi connectivity index (χ2v) is 20.0. The van der Waals surface area contributed by atoms with Gasteiger partial charge in [-0.15, -0.1) is 0 Å². The fourth-order valence-corrected chi connectivity index (χ4v) is 8.87. The molecule has 1 amide bonds. The molecule has 388 valence electrons. The highest BCUT2D eigenvalue weighted by Gasteiger charge is 2.18. The molecule has 6 heteroatoms. The van der Waals surface area contributed by atoms with Crippen molar-refractivity contribution in [1.82, 2.24) is 5.32 Å². The van der Waals surface area contributed by atoms with Crippen LogP contribution in [0.3, 0.4) is 0 Å². The number of nitrogens with one attached hydrogen (secondary N) is 1. The average molecular weight is 929 g/mol. The number of rotatable bonds is 54. The van der Waals surface area contributed by atoms with Crippen LogP contribution in [0.4, 0.5) is 0 Å². The molecule has 0 aromatic carbocycles.